The third-order valence-electron chi connectivity index (χ3n) is 5.59. The number of thiocarbonyl (C=S) groups is 1. The molecule has 2 aromatic carbocycles. The number of halogens is 1. The van der Waals surface area contributed by atoms with Gasteiger partial charge in [0.1, 0.15) is 10.8 Å². The minimum Gasteiger partial charge on any atom is -0.462 e. The third-order valence-corrected chi connectivity index (χ3v) is 6.85. The van der Waals surface area contributed by atoms with E-state index in [9.17, 15) is 9.18 Å². The highest BCUT2D eigenvalue weighted by molar-refractivity contribution is 7.80. The molecule has 9 heteroatoms. The molecule has 4 aromatic rings. The average Bonchev–Trinajstić information content (AvgIpc) is 3.36. The summed E-state index contributed by atoms with van der Waals surface area (Å²) in [6.45, 7) is 6.42. The van der Waals surface area contributed by atoms with Crippen LogP contribution in [0.5, 0.6) is 0 Å². The molecule has 2 aromatic heterocycles. The number of aromatic nitrogens is 2. The summed E-state index contributed by atoms with van der Waals surface area (Å²) in [4.78, 5) is 13.6. The maximum absolute atomic E-state index is 13.2. The number of hydrogen-bond donors (Lipinski definition) is 2. The van der Waals surface area contributed by atoms with E-state index in [1.807, 2.05) is 42.8 Å². The van der Waals surface area contributed by atoms with Crippen molar-refractivity contribution in [3.05, 3.63) is 99.4 Å². The van der Waals surface area contributed by atoms with E-state index in [4.69, 9.17) is 17.0 Å². The van der Waals surface area contributed by atoms with Gasteiger partial charge < -0.3 is 15.4 Å². The second kappa shape index (κ2) is 11.5. The largest absolute Gasteiger partial charge is 0.462 e. The molecule has 0 saturated heterocycles. The van der Waals surface area contributed by atoms with Crippen LogP contribution in [0.3, 0.4) is 0 Å². The van der Waals surface area contributed by atoms with Gasteiger partial charge in [-0.2, -0.15) is 5.10 Å². The second-order valence-corrected chi connectivity index (χ2v) is 9.79. The van der Waals surface area contributed by atoms with Crippen LogP contribution in [0.4, 0.5) is 15.1 Å². The van der Waals surface area contributed by atoms with Gasteiger partial charge in [-0.1, -0.05) is 42.5 Å². The van der Waals surface area contributed by atoms with Crippen molar-refractivity contribution >= 4 is 45.3 Å². The van der Waals surface area contributed by atoms with Gasteiger partial charge in [0, 0.05) is 11.3 Å². The number of benzene rings is 2. The molecule has 0 aliphatic rings. The number of aryl methyl sites for hydroxylation is 1. The maximum atomic E-state index is 13.2. The summed E-state index contributed by atoms with van der Waals surface area (Å²) in [7, 11) is 0. The zero-order chi connectivity index (χ0) is 25.7. The van der Waals surface area contributed by atoms with E-state index in [2.05, 4.69) is 27.9 Å². The first-order chi connectivity index (χ1) is 17.3. The van der Waals surface area contributed by atoms with Crippen LogP contribution >= 0.6 is 23.6 Å². The van der Waals surface area contributed by atoms with Crippen molar-refractivity contribution in [3.63, 3.8) is 0 Å². The molecule has 6 nitrogen and oxygen atoms in total. The number of nitrogens with one attached hydrogen (secondary N) is 2. The Kier molecular flexibility index (Phi) is 8.12. The fourth-order valence-electron chi connectivity index (χ4n) is 3.82. The Morgan fingerprint density at radius 3 is 2.50 bits per heavy atom. The Labute approximate surface area is 219 Å². The van der Waals surface area contributed by atoms with Gasteiger partial charge in [0.05, 0.1) is 35.8 Å². The lowest BCUT2D eigenvalue weighted by Crippen LogP contribution is -2.21. The van der Waals surface area contributed by atoms with Gasteiger partial charge >= 0.3 is 5.97 Å². The van der Waals surface area contributed by atoms with Crippen LogP contribution < -0.4 is 10.6 Å². The van der Waals surface area contributed by atoms with E-state index in [1.165, 1.54) is 23.5 Å². The van der Waals surface area contributed by atoms with Gasteiger partial charge in [-0.05, 0) is 62.3 Å². The van der Waals surface area contributed by atoms with Crippen LogP contribution in [-0.4, -0.2) is 27.5 Å². The third kappa shape index (κ3) is 6.16. The quantitative estimate of drug-likeness (QED) is 0.208. The van der Waals surface area contributed by atoms with E-state index < -0.39 is 5.97 Å². The second-order valence-electron chi connectivity index (χ2n) is 8.25. The molecule has 0 aliphatic heterocycles. The van der Waals surface area contributed by atoms with Crippen molar-refractivity contribution in [2.75, 3.05) is 17.2 Å². The Morgan fingerprint density at radius 1 is 1.08 bits per heavy atom. The lowest BCUT2D eigenvalue weighted by Gasteiger charge is -2.11. The Balaban J connectivity index is 1.51. The van der Waals surface area contributed by atoms with Gasteiger partial charge in [-0.15, -0.1) is 11.3 Å². The average molecular weight is 523 g/mol. The smallest absolute Gasteiger partial charge is 0.341 e. The van der Waals surface area contributed by atoms with Crippen molar-refractivity contribution < 1.29 is 13.9 Å². The maximum Gasteiger partial charge on any atom is 0.341 e. The number of carbonyl (C=O) groups excluding carboxylic acids is 1. The van der Waals surface area contributed by atoms with Crippen molar-refractivity contribution in [3.8, 4) is 0 Å². The Hall–Kier alpha value is -3.56. The molecule has 0 atom stereocenters. The number of rotatable bonds is 8. The van der Waals surface area contributed by atoms with Crippen LogP contribution in [0.15, 0.2) is 60.7 Å². The molecule has 0 aliphatic carbocycles. The van der Waals surface area contributed by atoms with Crippen LogP contribution in [0.2, 0.25) is 0 Å². The first-order valence-corrected chi connectivity index (χ1v) is 12.8. The molecule has 0 spiro atoms. The first-order valence-electron chi connectivity index (χ1n) is 11.5. The summed E-state index contributed by atoms with van der Waals surface area (Å²) in [6.07, 6.45) is 0.703. The van der Waals surface area contributed by atoms with Crippen molar-refractivity contribution in [1.29, 1.82) is 0 Å². The molecule has 0 bridgehead atoms. The lowest BCUT2D eigenvalue weighted by molar-refractivity contribution is 0.0528. The number of esters is 1. The van der Waals surface area contributed by atoms with Gasteiger partial charge in [0.2, 0.25) is 0 Å². The molecule has 0 amide bonds. The van der Waals surface area contributed by atoms with Crippen LogP contribution in [0.1, 0.15) is 44.7 Å². The van der Waals surface area contributed by atoms with Crippen LogP contribution in [0.25, 0.3) is 0 Å². The first kappa shape index (κ1) is 25.5. The number of ether oxygens (including phenoxy) is 1. The van der Waals surface area contributed by atoms with E-state index in [-0.39, 0.29) is 12.4 Å². The predicted octanol–water partition coefficient (Wildman–Crippen LogP) is 6.33. The fourth-order valence-corrected chi connectivity index (χ4v) is 5.17. The number of anilines is 2. The number of thiophene rings is 1. The lowest BCUT2D eigenvalue weighted by atomic mass is 10.1. The minimum absolute atomic E-state index is 0.270. The van der Waals surface area contributed by atoms with Gasteiger partial charge in [-0.25, -0.2) is 9.18 Å². The SMILES string of the molecule is CCOC(=O)c1cc(Cc2ccccc2)sc1NC(=S)Nc1c(C)nn(Cc2ccc(F)cc2)c1C. The zero-order valence-electron chi connectivity index (χ0n) is 20.3. The monoisotopic (exact) mass is 522 g/mol. The molecular weight excluding hydrogens is 495 g/mol. The van der Waals surface area contributed by atoms with Crippen LogP contribution in [0, 0.1) is 19.7 Å². The molecule has 186 valence electrons. The molecule has 36 heavy (non-hydrogen) atoms. The van der Waals surface area contributed by atoms with E-state index >= 15 is 0 Å². The Morgan fingerprint density at radius 2 is 1.81 bits per heavy atom. The van der Waals surface area contributed by atoms with E-state index in [0.29, 0.717) is 28.6 Å². The van der Waals surface area contributed by atoms with Crippen molar-refractivity contribution in [2.45, 2.75) is 33.7 Å². The van der Waals surface area contributed by atoms with E-state index in [1.54, 1.807) is 19.1 Å². The number of carbonyl (C=O) groups is 1. The molecule has 0 fully saturated rings. The van der Waals surface area contributed by atoms with E-state index in [0.717, 1.165) is 33.1 Å². The fraction of sp³-hybridized carbons (Fsp3) is 0.222. The summed E-state index contributed by atoms with van der Waals surface area (Å²) in [5.74, 6) is -0.661. The van der Waals surface area contributed by atoms with Gasteiger partial charge in [-0.3, -0.25) is 4.68 Å². The molecular formula is C27H27FN4O2S2. The molecule has 2 N–H and O–H groups in total. The highest BCUT2D eigenvalue weighted by atomic mass is 32.1. The molecule has 0 saturated carbocycles. The van der Waals surface area contributed by atoms with Gasteiger partial charge in [0.25, 0.3) is 0 Å². The summed E-state index contributed by atoms with van der Waals surface area (Å²) in [5.41, 5.74) is 5.01. The van der Waals surface area contributed by atoms with Crippen LogP contribution in [-0.2, 0) is 17.7 Å². The predicted molar refractivity (Wildman–Crippen MR) is 147 cm³/mol. The summed E-state index contributed by atoms with van der Waals surface area (Å²) < 4.78 is 20.4. The normalized spacial score (nSPS) is 10.8. The molecule has 2 heterocycles. The topological polar surface area (TPSA) is 68.2 Å². The molecule has 0 unspecified atom stereocenters. The highest BCUT2D eigenvalue weighted by Crippen LogP contribution is 2.31. The summed E-state index contributed by atoms with van der Waals surface area (Å²) in [6, 6.07) is 18.3. The van der Waals surface area contributed by atoms with Crippen molar-refractivity contribution in [2.24, 2.45) is 0 Å². The standard InChI is InChI=1S/C27H27FN4O2S2/c1-4-34-26(33)23-15-22(14-19-8-6-5-7-9-19)36-25(23)30-27(35)29-24-17(2)31-32(18(24)3)16-20-10-12-21(28)13-11-20/h5-13,15H,4,14,16H2,1-3H3,(H2,29,30,35). The number of hydrogen-bond acceptors (Lipinski definition) is 5. The summed E-state index contributed by atoms with van der Waals surface area (Å²) >= 11 is 7.07. The zero-order valence-corrected chi connectivity index (χ0v) is 21.9. The molecule has 4 rings (SSSR count). The highest BCUT2D eigenvalue weighted by Gasteiger charge is 2.20. The number of nitrogens with zero attached hydrogens (tertiary/aromatic N) is 2. The minimum atomic E-state index is -0.391. The van der Waals surface area contributed by atoms with Gasteiger partial charge in [0.15, 0.2) is 5.11 Å². The summed E-state index contributed by atoms with van der Waals surface area (Å²) in [5, 5.41) is 12.0. The van der Waals surface area contributed by atoms with Crippen molar-refractivity contribution in [1.82, 2.24) is 9.78 Å². The Bertz CT molecular complexity index is 1360. The molecule has 0 radical (unpaired) electrons.